The van der Waals surface area contributed by atoms with Crippen molar-refractivity contribution in [1.29, 1.82) is 0 Å². The first-order valence-corrected chi connectivity index (χ1v) is 11.3. The van der Waals surface area contributed by atoms with Crippen LogP contribution in [-0.4, -0.2) is 36.3 Å². The number of nitrogens with one attached hydrogen (secondary N) is 1. The zero-order valence-corrected chi connectivity index (χ0v) is 15.9. The van der Waals surface area contributed by atoms with E-state index < -0.39 is 25.9 Å². The number of fused-ring (bicyclic) bond motifs is 1. The highest BCUT2D eigenvalue weighted by Gasteiger charge is 2.22. The van der Waals surface area contributed by atoms with E-state index in [-0.39, 0.29) is 9.79 Å². The lowest BCUT2D eigenvalue weighted by molar-refractivity contribution is 0.171. The number of rotatable bonds is 5. The van der Waals surface area contributed by atoms with Gasteiger partial charge in [0.15, 0.2) is 21.3 Å². The van der Waals surface area contributed by atoms with Crippen LogP contribution >= 0.6 is 0 Å². The van der Waals surface area contributed by atoms with Gasteiger partial charge in [-0.05, 0) is 36.8 Å². The maximum atomic E-state index is 12.6. The van der Waals surface area contributed by atoms with E-state index in [0.29, 0.717) is 30.3 Å². The fourth-order valence-corrected chi connectivity index (χ4v) is 4.44. The molecule has 1 heterocycles. The molecule has 0 bridgehead atoms. The zero-order valence-electron chi connectivity index (χ0n) is 14.3. The number of ether oxygens (including phenoxy) is 2. The third kappa shape index (κ3) is 4.00. The van der Waals surface area contributed by atoms with Crippen LogP contribution in [0.15, 0.2) is 52.3 Å². The minimum Gasteiger partial charge on any atom is -0.486 e. The van der Waals surface area contributed by atoms with E-state index in [2.05, 4.69) is 4.72 Å². The van der Waals surface area contributed by atoms with Crippen molar-refractivity contribution in [2.75, 3.05) is 19.5 Å². The molecule has 1 aliphatic rings. The summed E-state index contributed by atoms with van der Waals surface area (Å²) in [5.41, 5.74) is 0.651. The van der Waals surface area contributed by atoms with E-state index >= 15 is 0 Å². The largest absolute Gasteiger partial charge is 0.486 e. The maximum absolute atomic E-state index is 12.6. The quantitative estimate of drug-likeness (QED) is 0.827. The van der Waals surface area contributed by atoms with Gasteiger partial charge in [-0.15, -0.1) is 0 Å². The summed E-state index contributed by atoms with van der Waals surface area (Å²) in [6, 6.07) is 10.0. The van der Waals surface area contributed by atoms with Gasteiger partial charge in [0.1, 0.15) is 13.2 Å². The van der Waals surface area contributed by atoms with Gasteiger partial charge in [0, 0.05) is 18.4 Å². The molecule has 140 valence electrons. The summed E-state index contributed by atoms with van der Waals surface area (Å²) in [5.74, 6) is 0.906. The molecule has 0 radical (unpaired) electrons. The molecule has 2 aromatic carbocycles. The average molecular weight is 397 g/mol. The Kier molecular flexibility index (Phi) is 4.96. The van der Waals surface area contributed by atoms with Crippen LogP contribution < -0.4 is 14.2 Å². The molecule has 0 amide bonds. The summed E-state index contributed by atoms with van der Waals surface area (Å²) in [7, 11) is -7.08. The summed E-state index contributed by atoms with van der Waals surface area (Å²) in [5, 5.41) is 0. The molecule has 0 unspecified atom stereocenters. The van der Waals surface area contributed by atoms with Gasteiger partial charge in [0.25, 0.3) is 0 Å². The first-order chi connectivity index (χ1) is 12.2. The molecule has 0 aliphatic carbocycles. The van der Waals surface area contributed by atoms with Gasteiger partial charge in [0.05, 0.1) is 9.79 Å². The highest BCUT2D eigenvalue weighted by atomic mass is 32.2. The molecule has 1 aliphatic heterocycles. The summed E-state index contributed by atoms with van der Waals surface area (Å²) >= 11 is 0. The van der Waals surface area contributed by atoms with Gasteiger partial charge >= 0.3 is 0 Å². The summed E-state index contributed by atoms with van der Waals surface area (Å²) in [6.07, 6.45) is 1.12. The van der Waals surface area contributed by atoms with Crippen LogP contribution in [0.3, 0.4) is 0 Å². The minimum atomic E-state index is -3.78. The lowest BCUT2D eigenvalue weighted by atomic mass is 10.1. The monoisotopic (exact) mass is 397 g/mol. The Bertz CT molecular complexity index is 1010. The summed E-state index contributed by atoms with van der Waals surface area (Å²) in [6.45, 7) is 2.48. The number of benzene rings is 2. The highest BCUT2D eigenvalue weighted by Crippen LogP contribution is 2.32. The van der Waals surface area contributed by atoms with Gasteiger partial charge in [-0.1, -0.05) is 12.1 Å². The van der Waals surface area contributed by atoms with Gasteiger partial charge < -0.3 is 9.47 Å². The molecule has 7 nitrogen and oxygen atoms in total. The van der Waals surface area contributed by atoms with Crippen LogP contribution in [-0.2, 0) is 19.9 Å². The predicted octanol–water partition coefficient (Wildman–Crippen LogP) is 1.90. The van der Waals surface area contributed by atoms with E-state index in [1.807, 2.05) is 0 Å². The maximum Gasteiger partial charge on any atom is 0.241 e. The smallest absolute Gasteiger partial charge is 0.241 e. The van der Waals surface area contributed by atoms with E-state index in [1.54, 1.807) is 25.1 Å². The summed E-state index contributed by atoms with van der Waals surface area (Å²) < 4.78 is 61.7. The number of hydrogen-bond donors (Lipinski definition) is 1. The van der Waals surface area contributed by atoms with Gasteiger partial charge in [-0.2, -0.15) is 0 Å². The molecule has 0 spiro atoms. The Morgan fingerprint density at radius 1 is 0.885 bits per heavy atom. The van der Waals surface area contributed by atoms with Crippen molar-refractivity contribution < 1.29 is 26.3 Å². The Labute approximate surface area is 152 Å². The Morgan fingerprint density at radius 2 is 1.46 bits per heavy atom. The molecule has 0 saturated carbocycles. The average Bonchev–Trinajstić information content (AvgIpc) is 2.60. The van der Waals surface area contributed by atoms with Gasteiger partial charge in [0.2, 0.25) is 10.0 Å². The van der Waals surface area contributed by atoms with E-state index in [4.69, 9.17) is 9.47 Å². The first kappa shape index (κ1) is 18.7. The van der Waals surface area contributed by atoms with Crippen LogP contribution in [0.2, 0.25) is 0 Å². The molecule has 1 N–H and O–H groups in total. The van der Waals surface area contributed by atoms with Crippen LogP contribution in [0, 0.1) is 0 Å². The number of hydrogen-bond acceptors (Lipinski definition) is 6. The molecule has 0 saturated heterocycles. The highest BCUT2D eigenvalue weighted by molar-refractivity contribution is 7.90. The van der Waals surface area contributed by atoms with E-state index in [1.165, 1.54) is 24.3 Å². The second kappa shape index (κ2) is 6.90. The second-order valence-corrected chi connectivity index (χ2v) is 9.72. The fraction of sp³-hybridized carbons (Fsp3) is 0.294. The molecule has 3 rings (SSSR count). The minimum absolute atomic E-state index is 0.0707. The molecule has 0 fully saturated rings. The molecule has 2 aromatic rings. The van der Waals surface area contributed by atoms with Gasteiger partial charge in [-0.3, -0.25) is 0 Å². The van der Waals surface area contributed by atoms with Crippen molar-refractivity contribution in [1.82, 2.24) is 4.72 Å². The zero-order chi connectivity index (χ0) is 18.9. The van der Waals surface area contributed by atoms with E-state index in [9.17, 15) is 16.8 Å². The van der Waals surface area contributed by atoms with E-state index in [0.717, 1.165) is 6.26 Å². The van der Waals surface area contributed by atoms with Crippen molar-refractivity contribution in [3.63, 3.8) is 0 Å². The third-order valence-electron chi connectivity index (χ3n) is 3.96. The lowest BCUT2D eigenvalue weighted by Gasteiger charge is -2.20. The number of sulfonamides is 1. The molecule has 9 heteroatoms. The molecular formula is C17H19NO6S2. The molecular weight excluding hydrogens is 378 g/mol. The summed E-state index contributed by atoms with van der Waals surface area (Å²) in [4.78, 5) is 0.254. The van der Waals surface area contributed by atoms with Crippen LogP contribution in [0.5, 0.6) is 11.5 Å². The van der Waals surface area contributed by atoms with Crippen molar-refractivity contribution in [3.8, 4) is 11.5 Å². The molecule has 1 atom stereocenters. The molecule has 0 aromatic heterocycles. The lowest BCUT2D eigenvalue weighted by Crippen LogP contribution is -2.27. The van der Waals surface area contributed by atoms with Crippen molar-refractivity contribution in [3.05, 3.63) is 48.0 Å². The first-order valence-electron chi connectivity index (χ1n) is 7.89. The van der Waals surface area contributed by atoms with Crippen LogP contribution in [0.4, 0.5) is 0 Å². The van der Waals surface area contributed by atoms with Crippen molar-refractivity contribution in [2.45, 2.75) is 22.8 Å². The van der Waals surface area contributed by atoms with Crippen LogP contribution in [0.25, 0.3) is 0 Å². The van der Waals surface area contributed by atoms with Crippen LogP contribution in [0.1, 0.15) is 18.5 Å². The number of sulfone groups is 1. The second-order valence-electron chi connectivity index (χ2n) is 5.99. The van der Waals surface area contributed by atoms with Crippen molar-refractivity contribution >= 4 is 19.9 Å². The third-order valence-corrected chi connectivity index (χ3v) is 6.63. The Balaban J connectivity index is 1.80. The Hall–Kier alpha value is -2.10. The topological polar surface area (TPSA) is 98.8 Å². The SMILES string of the molecule is C[C@@H](NS(=O)(=O)c1ccc2c(c1)OCCO2)c1ccc(S(C)(=O)=O)cc1. The fourth-order valence-electron chi connectivity index (χ4n) is 2.56. The standard InChI is InChI=1S/C17H19NO6S2/c1-12(13-3-5-14(6-4-13)25(2,19)20)18-26(21,22)15-7-8-16-17(11-15)24-10-9-23-16/h3-8,11-12,18H,9-10H2,1-2H3/t12-/m1/s1. The van der Waals surface area contributed by atoms with Gasteiger partial charge in [-0.25, -0.2) is 21.6 Å². The predicted molar refractivity (Wildman–Crippen MR) is 95.7 cm³/mol. The Morgan fingerprint density at radius 3 is 2.08 bits per heavy atom. The van der Waals surface area contributed by atoms with Crippen molar-refractivity contribution in [2.24, 2.45) is 0 Å². The normalized spacial score (nSPS) is 15.5. The molecule has 26 heavy (non-hydrogen) atoms.